The van der Waals surface area contributed by atoms with Crippen LogP contribution in [0.4, 0.5) is 24.5 Å². The highest BCUT2D eigenvalue weighted by molar-refractivity contribution is 5.60. The van der Waals surface area contributed by atoms with Crippen molar-refractivity contribution in [1.82, 2.24) is 0 Å². The van der Waals surface area contributed by atoms with Gasteiger partial charge in [0, 0.05) is 24.8 Å². The first kappa shape index (κ1) is 15.2. The van der Waals surface area contributed by atoms with Gasteiger partial charge in [0.2, 0.25) is 0 Å². The standard InChI is InChI=1S/C14H13F3N2O2/c1-2-10-9-12(3-4-13(10)19(20)21)18-7-5-11(6-8-18)14(15,16)17/h1,3-4,9,11H,5-8H2. The zero-order valence-corrected chi connectivity index (χ0v) is 11.1. The number of nitro benzene ring substituents is 1. The summed E-state index contributed by atoms with van der Waals surface area (Å²) in [7, 11) is 0. The van der Waals surface area contributed by atoms with Gasteiger partial charge < -0.3 is 4.90 Å². The Bertz CT molecular complexity index is 585. The second-order valence-electron chi connectivity index (χ2n) is 4.91. The Morgan fingerprint density at radius 3 is 2.43 bits per heavy atom. The van der Waals surface area contributed by atoms with Crippen molar-refractivity contribution in [2.75, 3.05) is 18.0 Å². The molecule has 1 fully saturated rings. The molecule has 0 radical (unpaired) electrons. The van der Waals surface area contributed by atoms with Gasteiger partial charge in [0.05, 0.1) is 10.8 Å². The number of anilines is 1. The predicted octanol–water partition coefficient (Wildman–Crippen LogP) is 3.35. The van der Waals surface area contributed by atoms with E-state index in [0.717, 1.165) is 0 Å². The monoisotopic (exact) mass is 298 g/mol. The fourth-order valence-electron chi connectivity index (χ4n) is 2.46. The van der Waals surface area contributed by atoms with E-state index in [9.17, 15) is 23.3 Å². The van der Waals surface area contributed by atoms with Crippen LogP contribution >= 0.6 is 0 Å². The Morgan fingerprint density at radius 2 is 1.95 bits per heavy atom. The van der Waals surface area contributed by atoms with Gasteiger partial charge in [0.25, 0.3) is 5.69 Å². The average molecular weight is 298 g/mol. The van der Waals surface area contributed by atoms with E-state index < -0.39 is 17.0 Å². The van der Waals surface area contributed by atoms with Crippen LogP contribution in [0.25, 0.3) is 0 Å². The minimum atomic E-state index is -4.16. The molecule has 0 saturated carbocycles. The Labute approximate surface area is 119 Å². The third-order valence-corrected chi connectivity index (χ3v) is 3.66. The first-order valence-corrected chi connectivity index (χ1v) is 6.39. The molecule has 7 heteroatoms. The molecule has 1 saturated heterocycles. The normalized spacial score (nSPS) is 16.6. The number of hydrogen-bond acceptors (Lipinski definition) is 3. The van der Waals surface area contributed by atoms with Crippen molar-refractivity contribution < 1.29 is 18.1 Å². The lowest BCUT2D eigenvalue weighted by molar-refractivity contribution is -0.385. The summed E-state index contributed by atoms with van der Waals surface area (Å²) in [5.41, 5.74) is 0.580. The minimum Gasteiger partial charge on any atom is -0.371 e. The summed E-state index contributed by atoms with van der Waals surface area (Å²) in [6.07, 6.45) is 1.12. The summed E-state index contributed by atoms with van der Waals surface area (Å²) in [5, 5.41) is 10.8. The number of hydrogen-bond donors (Lipinski definition) is 0. The van der Waals surface area contributed by atoms with Crippen LogP contribution in [0, 0.1) is 28.4 Å². The number of alkyl halides is 3. The van der Waals surface area contributed by atoms with Crippen molar-refractivity contribution >= 4 is 11.4 Å². The topological polar surface area (TPSA) is 46.4 Å². The maximum absolute atomic E-state index is 12.6. The van der Waals surface area contributed by atoms with Crippen molar-refractivity contribution in [3.8, 4) is 12.3 Å². The second-order valence-corrected chi connectivity index (χ2v) is 4.91. The quantitative estimate of drug-likeness (QED) is 0.478. The van der Waals surface area contributed by atoms with E-state index in [2.05, 4.69) is 5.92 Å². The SMILES string of the molecule is C#Cc1cc(N2CCC(C(F)(F)F)CC2)ccc1[N+](=O)[O-]. The zero-order valence-electron chi connectivity index (χ0n) is 11.1. The van der Waals surface area contributed by atoms with Crippen LogP contribution in [-0.2, 0) is 0 Å². The number of nitro groups is 1. The van der Waals surface area contributed by atoms with E-state index in [0.29, 0.717) is 5.69 Å². The van der Waals surface area contributed by atoms with Gasteiger partial charge >= 0.3 is 6.18 Å². The molecule has 0 aromatic heterocycles. The summed E-state index contributed by atoms with van der Waals surface area (Å²) in [4.78, 5) is 12.0. The molecule has 0 unspecified atom stereocenters. The predicted molar refractivity (Wildman–Crippen MR) is 72.0 cm³/mol. The summed E-state index contributed by atoms with van der Waals surface area (Å²) >= 11 is 0. The number of nitrogens with zero attached hydrogens (tertiary/aromatic N) is 2. The lowest BCUT2D eigenvalue weighted by Crippen LogP contribution is -2.39. The van der Waals surface area contributed by atoms with E-state index in [1.807, 2.05) is 0 Å². The van der Waals surface area contributed by atoms with Gasteiger partial charge in [-0.2, -0.15) is 13.2 Å². The van der Waals surface area contributed by atoms with Gasteiger partial charge in [-0.3, -0.25) is 10.1 Å². The van der Waals surface area contributed by atoms with Crippen molar-refractivity contribution in [2.24, 2.45) is 5.92 Å². The highest BCUT2D eigenvalue weighted by Crippen LogP contribution is 2.36. The molecule has 0 N–H and O–H groups in total. The molecule has 1 aromatic carbocycles. The molecule has 4 nitrogen and oxygen atoms in total. The summed E-state index contributed by atoms with van der Waals surface area (Å²) in [6, 6.07) is 4.29. The van der Waals surface area contributed by atoms with E-state index in [1.165, 1.54) is 18.2 Å². The van der Waals surface area contributed by atoms with Gasteiger partial charge in [-0.05, 0) is 25.0 Å². The van der Waals surface area contributed by atoms with Gasteiger partial charge in [0.15, 0.2) is 0 Å². The molecule has 0 spiro atoms. The number of terminal acetylenes is 1. The van der Waals surface area contributed by atoms with Crippen LogP contribution in [0.2, 0.25) is 0 Å². The smallest absolute Gasteiger partial charge is 0.371 e. The molecule has 2 rings (SSSR count). The van der Waals surface area contributed by atoms with Crippen LogP contribution in [-0.4, -0.2) is 24.2 Å². The molecule has 1 aliphatic rings. The maximum atomic E-state index is 12.6. The van der Waals surface area contributed by atoms with Gasteiger partial charge in [-0.1, -0.05) is 5.92 Å². The second kappa shape index (κ2) is 5.64. The van der Waals surface area contributed by atoms with E-state index in [4.69, 9.17) is 6.42 Å². The van der Waals surface area contributed by atoms with Crippen LogP contribution < -0.4 is 4.90 Å². The van der Waals surface area contributed by atoms with Gasteiger partial charge in [-0.25, -0.2) is 0 Å². The molecular formula is C14H13F3N2O2. The van der Waals surface area contributed by atoms with Crippen LogP contribution in [0.15, 0.2) is 18.2 Å². The highest BCUT2D eigenvalue weighted by atomic mass is 19.4. The average Bonchev–Trinajstić information content (AvgIpc) is 2.45. The van der Waals surface area contributed by atoms with Crippen LogP contribution in [0.3, 0.4) is 0 Å². The molecule has 0 bridgehead atoms. The summed E-state index contributed by atoms with van der Waals surface area (Å²) in [6.45, 7) is 0.512. The molecular weight excluding hydrogens is 285 g/mol. The summed E-state index contributed by atoms with van der Waals surface area (Å²) < 4.78 is 37.8. The first-order valence-electron chi connectivity index (χ1n) is 6.39. The molecule has 1 aromatic rings. The van der Waals surface area contributed by atoms with E-state index >= 15 is 0 Å². The maximum Gasteiger partial charge on any atom is 0.391 e. The first-order chi connectivity index (χ1) is 9.82. The molecule has 0 atom stereocenters. The fourth-order valence-corrected chi connectivity index (χ4v) is 2.46. The number of benzene rings is 1. The Balaban J connectivity index is 2.15. The number of halogens is 3. The van der Waals surface area contributed by atoms with Gasteiger partial charge in [0.1, 0.15) is 5.56 Å². The lowest BCUT2D eigenvalue weighted by Gasteiger charge is -2.34. The molecule has 21 heavy (non-hydrogen) atoms. The van der Waals surface area contributed by atoms with E-state index in [-0.39, 0.29) is 37.2 Å². The van der Waals surface area contributed by atoms with Crippen molar-refractivity contribution in [3.63, 3.8) is 0 Å². The molecule has 0 aliphatic carbocycles. The Kier molecular flexibility index (Phi) is 4.07. The Hall–Kier alpha value is -2.23. The molecule has 0 amide bonds. The molecule has 112 valence electrons. The lowest BCUT2D eigenvalue weighted by atomic mass is 9.95. The van der Waals surface area contributed by atoms with Crippen LogP contribution in [0.5, 0.6) is 0 Å². The highest BCUT2D eigenvalue weighted by Gasteiger charge is 2.41. The van der Waals surface area contributed by atoms with Crippen molar-refractivity contribution in [3.05, 3.63) is 33.9 Å². The fraction of sp³-hybridized carbons (Fsp3) is 0.429. The van der Waals surface area contributed by atoms with Gasteiger partial charge in [-0.15, -0.1) is 6.42 Å². The summed E-state index contributed by atoms with van der Waals surface area (Å²) in [5.74, 6) is 0.962. The molecule has 1 aliphatic heterocycles. The number of piperidine rings is 1. The van der Waals surface area contributed by atoms with Crippen molar-refractivity contribution in [2.45, 2.75) is 19.0 Å². The largest absolute Gasteiger partial charge is 0.391 e. The third-order valence-electron chi connectivity index (χ3n) is 3.66. The number of rotatable bonds is 2. The van der Waals surface area contributed by atoms with Crippen LogP contribution in [0.1, 0.15) is 18.4 Å². The molecule has 1 heterocycles. The minimum absolute atomic E-state index is 0.0197. The van der Waals surface area contributed by atoms with Crippen molar-refractivity contribution in [1.29, 1.82) is 0 Å². The Morgan fingerprint density at radius 1 is 1.33 bits per heavy atom. The zero-order chi connectivity index (χ0) is 15.6. The van der Waals surface area contributed by atoms with E-state index in [1.54, 1.807) is 4.90 Å². The third kappa shape index (κ3) is 3.27.